The van der Waals surface area contributed by atoms with E-state index >= 15 is 0 Å². The van der Waals surface area contributed by atoms with Gasteiger partial charge in [-0.1, -0.05) is 11.6 Å². The number of aromatic nitrogens is 1. The second-order valence-electron chi connectivity index (χ2n) is 3.38. The lowest BCUT2D eigenvalue weighted by molar-refractivity contribution is 0.166. The average molecular weight is 213 g/mol. The van der Waals surface area contributed by atoms with Crippen molar-refractivity contribution in [2.24, 2.45) is 0 Å². The molecule has 1 saturated heterocycles. The molecule has 14 heavy (non-hydrogen) atoms. The Morgan fingerprint density at radius 2 is 2.50 bits per heavy atom. The molecule has 0 saturated carbocycles. The molecule has 76 valence electrons. The molecule has 0 amide bonds. The van der Waals surface area contributed by atoms with Crippen LogP contribution in [0.2, 0.25) is 5.15 Å². The van der Waals surface area contributed by atoms with Crippen LogP contribution in [-0.2, 0) is 0 Å². The molecule has 1 aliphatic heterocycles. The molecule has 1 fully saturated rings. The zero-order chi connectivity index (χ0) is 9.80. The summed E-state index contributed by atoms with van der Waals surface area (Å²) in [4.78, 5) is 3.96. The van der Waals surface area contributed by atoms with Gasteiger partial charge in [-0.25, -0.2) is 4.98 Å². The zero-order valence-corrected chi connectivity index (χ0v) is 8.63. The maximum absolute atomic E-state index is 5.89. The van der Waals surface area contributed by atoms with Crippen molar-refractivity contribution in [3.05, 3.63) is 23.5 Å². The van der Waals surface area contributed by atoms with Crippen molar-refractivity contribution in [2.75, 3.05) is 13.1 Å². The normalized spacial score (nSPS) is 21.9. The Balaban J connectivity index is 1.99. The molecular weight excluding hydrogens is 200 g/mol. The molecule has 0 radical (unpaired) electrons. The maximum Gasteiger partial charge on any atom is 0.171 e. The van der Waals surface area contributed by atoms with Crippen LogP contribution in [0, 0.1) is 0 Å². The number of nitrogens with zero attached hydrogens (tertiary/aromatic N) is 1. The first-order valence-corrected chi connectivity index (χ1v) is 5.22. The molecule has 1 atom stereocenters. The second kappa shape index (κ2) is 4.62. The van der Waals surface area contributed by atoms with Crippen LogP contribution in [0.25, 0.3) is 0 Å². The number of nitrogens with one attached hydrogen (secondary N) is 1. The molecule has 2 rings (SSSR count). The van der Waals surface area contributed by atoms with E-state index in [1.807, 2.05) is 12.1 Å². The largest absolute Gasteiger partial charge is 0.486 e. The van der Waals surface area contributed by atoms with Gasteiger partial charge in [0.2, 0.25) is 0 Å². The van der Waals surface area contributed by atoms with Gasteiger partial charge in [0.1, 0.15) is 6.10 Å². The highest BCUT2D eigenvalue weighted by molar-refractivity contribution is 6.30. The molecule has 0 aromatic carbocycles. The summed E-state index contributed by atoms with van der Waals surface area (Å²) in [7, 11) is 0. The number of hydrogen-bond donors (Lipinski definition) is 1. The Morgan fingerprint density at radius 1 is 1.57 bits per heavy atom. The molecule has 3 nitrogen and oxygen atoms in total. The molecule has 4 heteroatoms. The van der Waals surface area contributed by atoms with Gasteiger partial charge >= 0.3 is 0 Å². The Hall–Kier alpha value is -0.800. The van der Waals surface area contributed by atoms with Gasteiger partial charge in [-0.3, -0.25) is 0 Å². The van der Waals surface area contributed by atoms with E-state index in [2.05, 4.69) is 10.3 Å². The van der Waals surface area contributed by atoms with Crippen LogP contribution in [0.15, 0.2) is 18.3 Å². The van der Waals surface area contributed by atoms with E-state index in [0.29, 0.717) is 10.9 Å². The van der Waals surface area contributed by atoms with Crippen molar-refractivity contribution in [1.82, 2.24) is 10.3 Å². The number of piperidine rings is 1. The molecule has 1 aromatic rings. The zero-order valence-electron chi connectivity index (χ0n) is 7.87. The summed E-state index contributed by atoms with van der Waals surface area (Å²) in [6, 6.07) is 3.68. The van der Waals surface area contributed by atoms with Gasteiger partial charge in [0.05, 0.1) is 0 Å². The Bertz CT molecular complexity index is 300. The average Bonchev–Trinajstić information content (AvgIpc) is 2.23. The van der Waals surface area contributed by atoms with E-state index < -0.39 is 0 Å². The molecule has 1 N–H and O–H groups in total. The van der Waals surface area contributed by atoms with E-state index in [-0.39, 0.29) is 6.10 Å². The van der Waals surface area contributed by atoms with Gasteiger partial charge in [0, 0.05) is 12.7 Å². The van der Waals surface area contributed by atoms with Crippen LogP contribution < -0.4 is 10.1 Å². The molecular formula is C10H13ClN2O. The fourth-order valence-corrected chi connectivity index (χ4v) is 1.72. The minimum Gasteiger partial charge on any atom is -0.486 e. The quantitative estimate of drug-likeness (QED) is 0.760. The van der Waals surface area contributed by atoms with Crippen molar-refractivity contribution in [2.45, 2.75) is 18.9 Å². The number of halogens is 1. The van der Waals surface area contributed by atoms with Gasteiger partial charge < -0.3 is 10.1 Å². The van der Waals surface area contributed by atoms with Gasteiger partial charge in [0.25, 0.3) is 0 Å². The molecule has 1 aliphatic rings. The lowest BCUT2D eigenvalue weighted by Crippen LogP contribution is -2.37. The minimum atomic E-state index is 0.227. The summed E-state index contributed by atoms with van der Waals surface area (Å²) in [5.41, 5.74) is 0. The summed E-state index contributed by atoms with van der Waals surface area (Å²) in [5, 5.41) is 3.73. The summed E-state index contributed by atoms with van der Waals surface area (Å²) in [5.74, 6) is 0.683. The predicted octanol–water partition coefficient (Wildman–Crippen LogP) is 1.87. The highest BCUT2D eigenvalue weighted by atomic mass is 35.5. The Kier molecular flexibility index (Phi) is 3.22. The van der Waals surface area contributed by atoms with Crippen molar-refractivity contribution in [1.29, 1.82) is 0 Å². The van der Waals surface area contributed by atoms with E-state index in [4.69, 9.17) is 16.3 Å². The number of hydrogen-bond acceptors (Lipinski definition) is 3. The highest BCUT2D eigenvalue weighted by Crippen LogP contribution is 2.22. The van der Waals surface area contributed by atoms with Crippen LogP contribution in [-0.4, -0.2) is 24.2 Å². The lowest BCUT2D eigenvalue weighted by atomic mass is 10.1. The molecule has 1 aromatic heterocycles. The van der Waals surface area contributed by atoms with Crippen LogP contribution in [0.4, 0.5) is 0 Å². The maximum atomic E-state index is 5.89. The number of ether oxygens (including phenoxy) is 1. The Labute approximate surface area is 88.4 Å². The van der Waals surface area contributed by atoms with E-state index in [1.54, 1.807) is 6.20 Å². The van der Waals surface area contributed by atoms with Gasteiger partial charge in [0.15, 0.2) is 10.9 Å². The third-order valence-electron chi connectivity index (χ3n) is 2.27. The molecule has 0 spiro atoms. The molecule has 0 unspecified atom stereocenters. The third kappa shape index (κ3) is 2.36. The van der Waals surface area contributed by atoms with Crippen LogP contribution >= 0.6 is 11.6 Å². The molecule has 0 aliphatic carbocycles. The van der Waals surface area contributed by atoms with Crippen LogP contribution in [0.1, 0.15) is 12.8 Å². The summed E-state index contributed by atoms with van der Waals surface area (Å²) >= 11 is 5.89. The standard InChI is InChI=1S/C10H13ClN2O/c11-10-9(4-2-6-13-10)14-8-3-1-5-12-7-8/h2,4,6,8,12H,1,3,5,7H2/t8-/m0/s1. The number of pyridine rings is 1. The van der Waals surface area contributed by atoms with Crippen LogP contribution in [0.3, 0.4) is 0 Å². The first-order chi connectivity index (χ1) is 6.86. The summed E-state index contributed by atoms with van der Waals surface area (Å²) in [6.07, 6.45) is 4.13. The first-order valence-electron chi connectivity index (χ1n) is 4.84. The fourth-order valence-electron chi connectivity index (χ4n) is 1.56. The van der Waals surface area contributed by atoms with Crippen molar-refractivity contribution < 1.29 is 4.74 Å². The summed E-state index contributed by atoms with van der Waals surface area (Å²) < 4.78 is 5.73. The van der Waals surface area contributed by atoms with E-state index in [0.717, 1.165) is 25.9 Å². The predicted molar refractivity (Wildman–Crippen MR) is 55.8 cm³/mol. The first kappa shape index (κ1) is 9.74. The fraction of sp³-hybridized carbons (Fsp3) is 0.500. The van der Waals surface area contributed by atoms with Gasteiger partial charge in [-0.2, -0.15) is 0 Å². The SMILES string of the molecule is Clc1ncccc1O[C@H]1CCCNC1. The van der Waals surface area contributed by atoms with Crippen molar-refractivity contribution in [3.63, 3.8) is 0 Å². The monoisotopic (exact) mass is 212 g/mol. The second-order valence-corrected chi connectivity index (χ2v) is 3.74. The minimum absolute atomic E-state index is 0.227. The number of rotatable bonds is 2. The highest BCUT2D eigenvalue weighted by Gasteiger charge is 2.15. The smallest absolute Gasteiger partial charge is 0.171 e. The lowest BCUT2D eigenvalue weighted by Gasteiger charge is -2.23. The van der Waals surface area contributed by atoms with E-state index in [9.17, 15) is 0 Å². The van der Waals surface area contributed by atoms with E-state index in [1.165, 1.54) is 0 Å². The van der Waals surface area contributed by atoms with Gasteiger partial charge in [-0.05, 0) is 31.5 Å². The summed E-state index contributed by atoms with van der Waals surface area (Å²) in [6.45, 7) is 1.98. The Morgan fingerprint density at radius 3 is 3.21 bits per heavy atom. The van der Waals surface area contributed by atoms with Crippen molar-refractivity contribution in [3.8, 4) is 5.75 Å². The molecule has 0 bridgehead atoms. The topological polar surface area (TPSA) is 34.1 Å². The molecule has 2 heterocycles. The van der Waals surface area contributed by atoms with Crippen molar-refractivity contribution >= 4 is 11.6 Å². The van der Waals surface area contributed by atoms with Gasteiger partial charge in [-0.15, -0.1) is 0 Å². The third-order valence-corrected chi connectivity index (χ3v) is 2.55. The van der Waals surface area contributed by atoms with Crippen LogP contribution in [0.5, 0.6) is 5.75 Å².